The van der Waals surface area contributed by atoms with Crippen LogP contribution in [0.15, 0.2) is 59.5 Å². The van der Waals surface area contributed by atoms with Gasteiger partial charge in [0.15, 0.2) is 10.7 Å². The van der Waals surface area contributed by atoms with Crippen LogP contribution in [-0.4, -0.2) is 8.42 Å². The summed E-state index contributed by atoms with van der Waals surface area (Å²) >= 11 is 1.76. The number of rotatable bonds is 3. The molecule has 1 heterocycles. The van der Waals surface area contributed by atoms with Crippen LogP contribution in [-0.2, 0) is 10.7 Å². The zero-order chi connectivity index (χ0) is 15.7. The lowest BCUT2D eigenvalue weighted by Crippen LogP contribution is -1.83. The monoisotopic (exact) mass is 328 g/mol. The van der Waals surface area contributed by atoms with Gasteiger partial charge in [-0.25, -0.2) is 8.42 Å². The summed E-state index contributed by atoms with van der Waals surface area (Å²) in [7, 11) is -2.52. The summed E-state index contributed by atoms with van der Waals surface area (Å²) in [6.07, 6.45) is 0. The van der Waals surface area contributed by atoms with Gasteiger partial charge < -0.3 is 0 Å². The average Bonchev–Trinajstić information content (AvgIpc) is 2.90. The Morgan fingerprint density at radius 2 is 1.41 bits per heavy atom. The first-order valence-corrected chi connectivity index (χ1v) is 8.96. The van der Waals surface area contributed by atoms with Crippen molar-refractivity contribution < 1.29 is 8.42 Å². The van der Waals surface area contributed by atoms with Gasteiger partial charge in [-0.15, -0.1) is 11.3 Å². The van der Waals surface area contributed by atoms with E-state index in [0.717, 1.165) is 11.1 Å². The van der Waals surface area contributed by atoms with Gasteiger partial charge in [-0.05, 0) is 43.2 Å². The van der Waals surface area contributed by atoms with Gasteiger partial charge in [-0.2, -0.15) is 0 Å². The molecule has 3 aromatic rings. The molecule has 0 N–H and O–H groups in total. The predicted molar refractivity (Wildman–Crippen MR) is 93.2 cm³/mol. The zero-order valence-electron chi connectivity index (χ0n) is 12.4. The molecular weight excluding hydrogens is 312 g/mol. The van der Waals surface area contributed by atoms with Gasteiger partial charge in [0.05, 0.1) is 4.90 Å². The van der Waals surface area contributed by atoms with Crippen LogP contribution in [0.2, 0.25) is 0 Å². The standard InChI is InChI=1S/C18H16O2S2/c1-12-3-5-15(6-4-12)18-17(11-13(2)21-18)14-7-9-16(10-8-14)22(19)20/h3-11,22H,1-2H3. The molecule has 112 valence electrons. The molecule has 2 nitrogen and oxygen atoms in total. The molecule has 1 aromatic heterocycles. The van der Waals surface area contributed by atoms with E-state index in [0.29, 0.717) is 4.90 Å². The van der Waals surface area contributed by atoms with Gasteiger partial charge in [0.1, 0.15) is 0 Å². The van der Waals surface area contributed by atoms with E-state index in [1.807, 2.05) is 12.1 Å². The molecule has 3 rings (SSSR count). The third-order valence-electron chi connectivity index (χ3n) is 3.56. The van der Waals surface area contributed by atoms with Crippen molar-refractivity contribution in [2.75, 3.05) is 0 Å². The van der Waals surface area contributed by atoms with E-state index in [2.05, 4.69) is 44.2 Å². The van der Waals surface area contributed by atoms with Crippen molar-refractivity contribution in [1.82, 2.24) is 0 Å². The summed E-state index contributed by atoms with van der Waals surface area (Å²) in [5.74, 6) is 0. The molecule has 4 heteroatoms. The van der Waals surface area contributed by atoms with Crippen molar-refractivity contribution in [2.45, 2.75) is 18.7 Å². The summed E-state index contributed by atoms with van der Waals surface area (Å²) in [6.45, 7) is 4.17. The van der Waals surface area contributed by atoms with Gasteiger partial charge in [0, 0.05) is 15.3 Å². The maximum atomic E-state index is 11.0. The normalized spacial score (nSPS) is 11.0. The summed E-state index contributed by atoms with van der Waals surface area (Å²) < 4.78 is 22.0. The molecule has 0 atom stereocenters. The molecule has 0 aliphatic carbocycles. The second-order valence-corrected chi connectivity index (χ2v) is 7.56. The van der Waals surface area contributed by atoms with Crippen molar-refractivity contribution in [3.8, 4) is 21.6 Å². The third-order valence-corrected chi connectivity index (χ3v) is 5.38. The van der Waals surface area contributed by atoms with Gasteiger partial charge in [0.25, 0.3) is 0 Å². The molecule has 2 aromatic carbocycles. The number of hydrogen-bond donors (Lipinski definition) is 1. The maximum absolute atomic E-state index is 11.0. The molecule has 0 aliphatic heterocycles. The first-order chi connectivity index (χ1) is 10.5. The minimum atomic E-state index is -2.52. The van der Waals surface area contributed by atoms with Gasteiger partial charge >= 0.3 is 0 Å². The van der Waals surface area contributed by atoms with E-state index >= 15 is 0 Å². The van der Waals surface area contributed by atoms with E-state index in [1.54, 1.807) is 23.5 Å². The van der Waals surface area contributed by atoms with E-state index in [9.17, 15) is 8.42 Å². The Balaban J connectivity index is 2.09. The maximum Gasteiger partial charge on any atom is 0.168 e. The summed E-state index contributed by atoms with van der Waals surface area (Å²) in [5.41, 5.74) is 4.62. The van der Waals surface area contributed by atoms with Crippen LogP contribution >= 0.6 is 11.3 Å². The molecule has 0 bridgehead atoms. The minimum Gasteiger partial charge on any atom is -0.227 e. The Kier molecular flexibility index (Phi) is 4.14. The smallest absolute Gasteiger partial charge is 0.168 e. The highest BCUT2D eigenvalue weighted by Crippen LogP contribution is 2.39. The molecule has 0 amide bonds. The van der Waals surface area contributed by atoms with Crippen LogP contribution in [0, 0.1) is 13.8 Å². The number of thiol groups is 1. The van der Waals surface area contributed by atoms with Gasteiger partial charge in [-0.3, -0.25) is 0 Å². The molecule has 0 saturated carbocycles. The fourth-order valence-electron chi connectivity index (χ4n) is 2.41. The van der Waals surface area contributed by atoms with Crippen LogP contribution < -0.4 is 0 Å². The lowest BCUT2D eigenvalue weighted by Gasteiger charge is -2.05. The van der Waals surface area contributed by atoms with E-state index in [4.69, 9.17) is 0 Å². The second-order valence-electron chi connectivity index (χ2n) is 5.27. The Labute approximate surface area is 136 Å². The fraction of sp³-hybridized carbons (Fsp3) is 0.111. The van der Waals surface area contributed by atoms with Crippen molar-refractivity contribution >= 4 is 22.0 Å². The van der Waals surface area contributed by atoms with Crippen molar-refractivity contribution in [3.05, 3.63) is 65.0 Å². The van der Waals surface area contributed by atoms with Crippen LogP contribution in [0.5, 0.6) is 0 Å². The van der Waals surface area contributed by atoms with Crippen LogP contribution in [0.25, 0.3) is 21.6 Å². The fourth-order valence-corrected chi connectivity index (χ4v) is 3.84. The van der Waals surface area contributed by atoms with Crippen molar-refractivity contribution in [1.29, 1.82) is 0 Å². The summed E-state index contributed by atoms with van der Waals surface area (Å²) in [6, 6.07) is 17.7. The molecule has 22 heavy (non-hydrogen) atoms. The number of benzene rings is 2. The summed E-state index contributed by atoms with van der Waals surface area (Å²) in [4.78, 5) is 2.81. The predicted octanol–water partition coefficient (Wildman–Crippen LogP) is 4.67. The molecule has 0 radical (unpaired) electrons. The highest BCUT2D eigenvalue weighted by Gasteiger charge is 2.11. The van der Waals surface area contributed by atoms with Crippen LogP contribution in [0.1, 0.15) is 10.4 Å². The first-order valence-electron chi connectivity index (χ1n) is 6.97. The lowest BCUT2D eigenvalue weighted by molar-refractivity contribution is 0.614. The average molecular weight is 328 g/mol. The summed E-state index contributed by atoms with van der Waals surface area (Å²) in [5, 5.41) is 0. The first kappa shape index (κ1) is 15.0. The highest BCUT2D eigenvalue weighted by molar-refractivity contribution is 7.72. The topological polar surface area (TPSA) is 34.1 Å². The third kappa shape index (κ3) is 2.98. The second kappa shape index (κ2) is 6.07. The number of hydrogen-bond acceptors (Lipinski definition) is 3. The van der Waals surface area contributed by atoms with Gasteiger partial charge in [0.2, 0.25) is 0 Å². The largest absolute Gasteiger partial charge is 0.227 e. The highest BCUT2D eigenvalue weighted by atomic mass is 32.2. The Morgan fingerprint density at radius 1 is 0.818 bits per heavy atom. The minimum absolute atomic E-state index is 0.350. The molecule has 0 saturated heterocycles. The lowest BCUT2D eigenvalue weighted by atomic mass is 10.0. The Bertz CT molecular complexity index is 862. The SMILES string of the molecule is Cc1ccc(-c2sc(C)cc2-c2ccc([SH](=O)=O)cc2)cc1. The molecule has 0 fully saturated rings. The van der Waals surface area contributed by atoms with E-state index < -0.39 is 10.7 Å². The molecule has 0 spiro atoms. The quantitative estimate of drug-likeness (QED) is 0.709. The zero-order valence-corrected chi connectivity index (χ0v) is 14.1. The van der Waals surface area contributed by atoms with Crippen molar-refractivity contribution in [3.63, 3.8) is 0 Å². The number of aryl methyl sites for hydroxylation is 2. The molecular formula is C18H16O2S2. The van der Waals surface area contributed by atoms with Gasteiger partial charge in [-0.1, -0.05) is 42.0 Å². The van der Waals surface area contributed by atoms with E-state index in [1.165, 1.54) is 20.9 Å². The van der Waals surface area contributed by atoms with Crippen LogP contribution in [0.4, 0.5) is 0 Å². The molecule has 0 aliphatic rings. The Morgan fingerprint density at radius 3 is 2.00 bits per heavy atom. The Hall–Kier alpha value is -1.91. The number of thiophene rings is 1. The van der Waals surface area contributed by atoms with E-state index in [-0.39, 0.29) is 0 Å². The van der Waals surface area contributed by atoms with Crippen LogP contribution in [0.3, 0.4) is 0 Å². The molecule has 0 unspecified atom stereocenters. The van der Waals surface area contributed by atoms with Crippen molar-refractivity contribution in [2.24, 2.45) is 0 Å².